The number of rotatable bonds is 4. The van der Waals surface area contributed by atoms with E-state index in [1.165, 1.54) is 11.3 Å². The van der Waals surface area contributed by atoms with Gasteiger partial charge in [-0.05, 0) is 38.5 Å². The lowest BCUT2D eigenvalue weighted by Crippen LogP contribution is -2.02. The van der Waals surface area contributed by atoms with Gasteiger partial charge in [0.1, 0.15) is 5.75 Å². The number of fused-ring (bicyclic) bond motifs is 1. The van der Waals surface area contributed by atoms with Gasteiger partial charge >= 0.3 is 0 Å². The van der Waals surface area contributed by atoms with Crippen LogP contribution in [0.25, 0.3) is 10.9 Å². The molecule has 0 bridgehead atoms. The normalized spacial score (nSPS) is 12.7. The quantitative estimate of drug-likeness (QED) is 0.795. The largest absolute Gasteiger partial charge is 0.507 e. The number of hydrogen-bond acceptors (Lipinski definition) is 1. The minimum absolute atomic E-state index is 0.356. The number of aryl methyl sites for hydroxylation is 1. The molecule has 2 aromatic rings. The van der Waals surface area contributed by atoms with Gasteiger partial charge in [-0.1, -0.05) is 36.8 Å². The fourth-order valence-corrected chi connectivity index (χ4v) is 2.33. The summed E-state index contributed by atoms with van der Waals surface area (Å²) in [7, 11) is 0. The minimum atomic E-state index is 0.356. The molecule has 0 radical (unpaired) electrons. The topological polar surface area (TPSA) is 25.2 Å². The molecule has 0 aliphatic carbocycles. The van der Waals surface area contributed by atoms with E-state index >= 15 is 0 Å². The van der Waals surface area contributed by atoms with E-state index in [0.29, 0.717) is 5.75 Å². The molecule has 1 aromatic carbocycles. The van der Waals surface area contributed by atoms with Gasteiger partial charge in [0.2, 0.25) is 0 Å². The van der Waals surface area contributed by atoms with Crippen molar-refractivity contribution in [2.24, 2.45) is 0 Å². The number of aromatic hydroxyl groups is 1. The zero-order valence-corrected chi connectivity index (χ0v) is 11.9. The highest BCUT2D eigenvalue weighted by Crippen LogP contribution is 2.28. The Balaban J connectivity index is 2.45. The molecule has 0 fully saturated rings. The molecule has 0 aliphatic rings. The molecule has 0 saturated carbocycles. The highest BCUT2D eigenvalue weighted by Gasteiger charge is 2.09. The van der Waals surface area contributed by atoms with Gasteiger partial charge < -0.3 is 9.67 Å². The van der Waals surface area contributed by atoms with Crippen molar-refractivity contribution in [3.8, 4) is 5.75 Å². The first kappa shape index (κ1) is 13.5. The Morgan fingerprint density at radius 3 is 2.84 bits per heavy atom. The van der Waals surface area contributed by atoms with Gasteiger partial charge in [-0.2, -0.15) is 0 Å². The van der Waals surface area contributed by atoms with Crippen molar-refractivity contribution in [2.45, 2.75) is 33.7 Å². The fraction of sp³-hybridized carbons (Fsp3) is 0.294. The zero-order valence-electron chi connectivity index (χ0n) is 11.9. The van der Waals surface area contributed by atoms with Crippen LogP contribution in [0.3, 0.4) is 0 Å². The van der Waals surface area contributed by atoms with E-state index < -0.39 is 0 Å². The molecule has 1 N–H and O–H groups in total. The summed E-state index contributed by atoms with van der Waals surface area (Å²) in [6.07, 6.45) is 7.33. The van der Waals surface area contributed by atoms with Crippen LogP contribution < -0.4 is 0 Å². The fourth-order valence-electron chi connectivity index (χ4n) is 2.33. The monoisotopic (exact) mass is 255 g/mol. The van der Waals surface area contributed by atoms with Crippen LogP contribution in [0.15, 0.2) is 48.1 Å². The van der Waals surface area contributed by atoms with Crippen LogP contribution in [-0.2, 0) is 6.54 Å². The number of benzene rings is 1. The Morgan fingerprint density at radius 1 is 1.37 bits per heavy atom. The van der Waals surface area contributed by atoms with E-state index in [-0.39, 0.29) is 0 Å². The third-order valence-electron chi connectivity index (χ3n) is 3.47. The van der Waals surface area contributed by atoms with Crippen LogP contribution in [0.5, 0.6) is 5.75 Å². The third-order valence-corrected chi connectivity index (χ3v) is 3.47. The Morgan fingerprint density at radius 2 is 2.16 bits per heavy atom. The number of aromatic nitrogens is 1. The van der Waals surface area contributed by atoms with Crippen molar-refractivity contribution in [1.29, 1.82) is 0 Å². The first-order chi connectivity index (χ1) is 9.17. The van der Waals surface area contributed by atoms with Gasteiger partial charge in [0.15, 0.2) is 0 Å². The lowest BCUT2D eigenvalue weighted by molar-refractivity contribution is 0.481. The van der Waals surface area contributed by atoms with Crippen molar-refractivity contribution >= 4 is 10.9 Å². The Hall–Kier alpha value is -1.96. The number of phenols is 1. The van der Waals surface area contributed by atoms with Crippen LogP contribution >= 0.6 is 0 Å². The van der Waals surface area contributed by atoms with Crippen molar-refractivity contribution < 1.29 is 5.11 Å². The first-order valence-electron chi connectivity index (χ1n) is 6.76. The SMILES string of the molecule is C/C=C\C=C(/CC)Cn1c(C)cc2c(O)cccc21. The molecule has 2 rings (SSSR count). The first-order valence-corrected chi connectivity index (χ1v) is 6.76. The van der Waals surface area contributed by atoms with E-state index in [1.54, 1.807) is 6.07 Å². The molecule has 0 unspecified atom stereocenters. The lowest BCUT2D eigenvalue weighted by atomic mass is 10.2. The summed E-state index contributed by atoms with van der Waals surface area (Å²) in [6, 6.07) is 7.75. The Labute approximate surface area is 114 Å². The van der Waals surface area contributed by atoms with Crippen LogP contribution in [-0.4, -0.2) is 9.67 Å². The smallest absolute Gasteiger partial charge is 0.124 e. The molecule has 2 nitrogen and oxygen atoms in total. The van der Waals surface area contributed by atoms with E-state index in [9.17, 15) is 5.11 Å². The van der Waals surface area contributed by atoms with Crippen molar-refractivity contribution in [3.05, 3.63) is 53.8 Å². The van der Waals surface area contributed by atoms with Gasteiger partial charge in [-0.3, -0.25) is 0 Å². The maximum atomic E-state index is 9.90. The number of nitrogens with zero attached hydrogens (tertiary/aromatic N) is 1. The summed E-state index contributed by atoms with van der Waals surface area (Å²) in [5.74, 6) is 0.356. The second kappa shape index (κ2) is 5.79. The van der Waals surface area contributed by atoms with Gasteiger partial charge in [-0.25, -0.2) is 0 Å². The molecule has 19 heavy (non-hydrogen) atoms. The molecule has 1 heterocycles. The second-order valence-corrected chi connectivity index (χ2v) is 4.79. The Kier molecular flexibility index (Phi) is 4.10. The number of hydrogen-bond donors (Lipinski definition) is 1. The lowest BCUT2D eigenvalue weighted by Gasteiger charge is -2.10. The predicted octanol–water partition coefficient (Wildman–Crippen LogP) is 4.57. The van der Waals surface area contributed by atoms with Crippen LogP contribution in [0.4, 0.5) is 0 Å². The standard InChI is InChI=1S/C17H21NO/c1-4-6-8-14(5-2)12-18-13(3)11-15-16(18)9-7-10-17(15)19/h4,6-11,19H,5,12H2,1-3H3/b6-4-,14-8+. The van der Waals surface area contributed by atoms with Crippen LogP contribution in [0, 0.1) is 6.92 Å². The molecule has 1 aromatic heterocycles. The molecule has 0 aliphatic heterocycles. The maximum absolute atomic E-state index is 9.90. The van der Waals surface area contributed by atoms with Gasteiger partial charge in [-0.15, -0.1) is 0 Å². The van der Waals surface area contributed by atoms with Crippen molar-refractivity contribution in [1.82, 2.24) is 4.57 Å². The molecule has 100 valence electrons. The van der Waals surface area contributed by atoms with Gasteiger partial charge in [0.05, 0.1) is 5.52 Å². The van der Waals surface area contributed by atoms with Gasteiger partial charge in [0.25, 0.3) is 0 Å². The summed E-state index contributed by atoms with van der Waals surface area (Å²) < 4.78 is 2.26. The molecule has 2 heteroatoms. The molecular formula is C17H21NO. The van der Waals surface area contributed by atoms with E-state index in [4.69, 9.17) is 0 Å². The minimum Gasteiger partial charge on any atom is -0.507 e. The third kappa shape index (κ3) is 2.73. The van der Waals surface area contributed by atoms with Crippen molar-refractivity contribution in [2.75, 3.05) is 0 Å². The number of allylic oxidation sites excluding steroid dienone is 4. The van der Waals surface area contributed by atoms with Crippen molar-refractivity contribution in [3.63, 3.8) is 0 Å². The highest BCUT2D eigenvalue weighted by atomic mass is 16.3. The summed E-state index contributed by atoms with van der Waals surface area (Å²) in [5.41, 5.74) is 3.65. The average Bonchev–Trinajstić information content (AvgIpc) is 2.72. The molecule has 0 amide bonds. The van der Waals surface area contributed by atoms with Crippen LogP contribution in [0.1, 0.15) is 26.0 Å². The summed E-state index contributed by atoms with van der Waals surface area (Å²) in [4.78, 5) is 0. The summed E-state index contributed by atoms with van der Waals surface area (Å²) in [6.45, 7) is 7.16. The maximum Gasteiger partial charge on any atom is 0.124 e. The van der Waals surface area contributed by atoms with Crippen LogP contribution in [0.2, 0.25) is 0 Å². The van der Waals surface area contributed by atoms with Gasteiger partial charge in [0, 0.05) is 17.6 Å². The predicted molar refractivity (Wildman–Crippen MR) is 81.5 cm³/mol. The molecule has 0 saturated heterocycles. The highest BCUT2D eigenvalue weighted by molar-refractivity contribution is 5.87. The second-order valence-electron chi connectivity index (χ2n) is 4.79. The zero-order chi connectivity index (χ0) is 13.8. The summed E-state index contributed by atoms with van der Waals surface area (Å²) >= 11 is 0. The average molecular weight is 255 g/mol. The Bertz CT molecular complexity index is 632. The summed E-state index contributed by atoms with van der Waals surface area (Å²) in [5, 5.41) is 10.8. The van der Waals surface area contributed by atoms with E-state index in [0.717, 1.165) is 23.9 Å². The number of phenolic OH excluding ortho intramolecular Hbond substituents is 1. The van der Waals surface area contributed by atoms with E-state index in [2.05, 4.69) is 36.6 Å². The molecule has 0 atom stereocenters. The molecular weight excluding hydrogens is 234 g/mol. The molecule has 0 spiro atoms. The van der Waals surface area contributed by atoms with E-state index in [1.807, 2.05) is 25.1 Å².